The molecule has 2 N–H and O–H groups in total. The van der Waals surface area contributed by atoms with Gasteiger partial charge in [-0.2, -0.15) is 0 Å². The van der Waals surface area contributed by atoms with Gasteiger partial charge in [0.2, 0.25) is 0 Å². The lowest BCUT2D eigenvalue weighted by Gasteiger charge is -2.16. The van der Waals surface area contributed by atoms with Crippen LogP contribution in [-0.2, 0) is 0 Å². The Labute approximate surface area is 141 Å². The molecule has 3 heteroatoms. The molecular weight excluding hydrogens is 294 g/mol. The van der Waals surface area contributed by atoms with Crippen molar-refractivity contribution in [1.82, 2.24) is 4.98 Å². The minimum atomic E-state index is 0.840. The Bertz CT molecular complexity index is 1020. The van der Waals surface area contributed by atoms with Crippen molar-refractivity contribution in [2.24, 2.45) is 0 Å². The fourth-order valence-corrected chi connectivity index (χ4v) is 3.13. The number of nitrogens with zero attached hydrogens (tertiary/aromatic N) is 1. The van der Waals surface area contributed by atoms with Crippen molar-refractivity contribution >= 4 is 33.2 Å². The van der Waals surface area contributed by atoms with Crippen LogP contribution in [0.25, 0.3) is 21.7 Å². The zero-order chi connectivity index (χ0) is 16.5. The Morgan fingerprint density at radius 1 is 0.625 bits per heavy atom. The van der Waals surface area contributed by atoms with Crippen molar-refractivity contribution in [3.63, 3.8) is 0 Å². The largest absolute Gasteiger partial charge is 0.299 e. The van der Waals surface area contributed by atoms with Crippen LogP contribution in [0.5, 0.6) is 0 Å². The summed E-state index contributed by atoms with van der Waals surface area (Å²) in [6.45, 7) is 4.20. The van der Waals surface area contributed by atoms with Crippen molar-refractivity contribution in [3.8, 4) is 0 Å². The van der Waals surface area contributed by atoms with Crippen molar-refractivity contribution < 1.29 is 0 Å². The average molecular weight is 313 g/mol. The summed E-state index contributed by atoms with van der Waals surface area (Å²) >= 11 is 0. The van der Waals surface area contributed by atoms with Crippen LogP contribution in [0.15, 0.2) is 66.7 Å². The monoisotopic (exact) mass is 313 g/mol. The normalized spacial score (nSPS) is 10.9. The lowest BCUT2D eigenvalue weighted by atomic mass is 10.1. The highest BCUT2D eigenvalue weighted by Gasteiger charge is 2.08. The number of benzene rings is 3. The van der Waals surface area contributed by atoms with E-state index in [4.69, 9.17) is 4.98 Å². The Morgan fingerprint density at radius 3 is 2.00 bits per heavy atom. The van der Waals surface area contributed by atoms with E-state index >= 15 is 0 Å². The van der Waals surface area contributed by atoms with Crippen LogP contribution in [0.4, 0.5) is 11.5 Å². The Morgan fingerprint density at radius 2 is 1.25 bits per heavy atom. The Hall–Kier alpha value is -3.07. The van der Waals surface area contributed by atoms with Gasteiger partial charge in [0.15, 0.2) is 5.82 Å². The molecule has 0 aliphatic carbocycles. The summed E-state index contributed by atoms with van der Waals surface area (Å²) in [5.41, 5.74) is 11.1. The highest BCUT2D eigenvalue weighted by atomic mass is 15.4. The number of para-hydroxylation sites is 2. The standard InChI is InChI=1S/C21H19N3/c1-14-8-7-9-15(2)20(14)23-24-21-18-12-4-3-10-16(18)17-11-5-6-13-19(17)22-21/h3-13,23H,1-2H3,(H,22,24). The molecule has 118 valence electrons. The van der Waals surface area contributed by atoms with Crippen molar-refractivity contribution in [2.75, 3.05) is 10.9 Å². The first-order valence-electron chi connectivity index (χ1n) is 8.10. The van der Waals surface area contributed by atoms with Gasteiger partial charge in [-0.15, -0.1) is 0 Å². The number of aryl methyl sites for hydroxylation is 2. The van der Waals surface area contributed by atoms with E-state index in [0.717, 1.165) is 22.4 Å². The van der Waals surface area contributed by atoms with Crippen LogP contribution in [0, 0.1) is 13.8 Å². The molecule has 0 saturated carbocycles. The molecule has 0 atom stereocenters. The molecule has 0 unspecified atom stereocenters. The number of hydrogen-bond acceptors (Lipinski definition) is 3. The molecule has 0 bridgehead atoms. The molecule has 0 amide bonds. The minimum Gasteiger partial charge on any atom is -0.299 e. The fraction of sp³-hybridized carbons (Fsp3) is 0.0952. The zero-order valence-electron chi connectivity index (χ0n) is 13.8. The lowest BCUT2D eigenvalue weighted by Crippen LogP contribution is -2.12. The predicted octanol–water partition coefficient (Wildman–Crippen LogP) is 5.44. The third kappa shape index (κ3) is 2.44. The molecule has 0 saturated heterocycles. The van der Waals surface area contributed by atoms with Gasteiger partial charge in [-0.05, 0) is 36.4 Å². The van der Waals surface area contributed by atoms with Gasteiger partial charge in [-0.25, -0.2) is 4.98 Å². The molecule has 0 aliphatic heterocycles. The first-order chi connectivity index (χ1) is 11.7. The first-order valence-corrected chi connectivity index (χ1v) is 8.10. The van der Waals surface area contributed by atoms with Crippen LogP contribution < -0.4 is 10.9 Å². The van der Waals surface area contributed by atoms with Gasteiger partial charge >= 0.3 is 0 Å². The van der Waals surface area contributed by atoms with E-state index in [1.54, 1.807) is 0 Å². The van der Waals surface area contributed by atoms with Gasteiger partial charge in [-0.3, -0.25) is 10.9 Å². The number of rotatable bonds is 3. The highest BCUT2D eigenvalue weighted by Crippen LogP contribution is 2.29. The molecule has 4 aromatic rings. The van der Waals surface area contributed by atoms with E-state index < -0.39 is 0 Å². The fourth-order valence-electron chi connectivity index (χ4n) is 3.13. The summed E-state index contributed by atoms with van der Waals surface area (Å²) in [7, 11) is 0. The van der Waals surface area contributed by atoms with Gasteiger partial charge in [0.1, 0.15) is 0 Å². The van der Waals surface area contributed by atoms with E-state index in [2.05, 4.69) is 73.2 Å². The van der Waals surface area contributed by atoms with Gasteiger partial charge in [-0.1, -0.05) is 60.7 Å². The second-order valence-corrected chi connectivity index (χ2v) is 6.04. The van der Waals surface area contributed by atoms with Crippen molar-refractivity contribution in [2.45, 2.75) is 13.8 Å². The second-order valence-electron chi connectivity index (χ2n) is 6.04. The Balaban J connectivity index is 1.81. The quantitative estimate of drug-likeness (QED) is 0.390. The van der Waals surface area contributed by atoms with Crippen molar-refractivity contribution in [3.05, 3.63) is 77.9 Å². The number of fused-ring (bicyclic) bond motifs is 3. The number of nitrogens with one attached hydrogen (secondary N) is 2. The van der Waals surface area contributed by atoms with E-state index in [1.807, 2.05) is 18.2 Å². The maximum atomic E-state index is 4.80. The van der Waals surface area contributed by atoms with E-state index in [9.17, 15) is 0 Å². The first kappa shape index (κ1) is 14.5. The minimum absolute atomic E-state index is 0.840. The van der Waals surface area contributed by atoms with Gasteiger partial charge in [0.05, 0.1) is 11.2 Å². The van der Waals surface area contributed by atoms with Crippen molar-refractivity contribution in [1.29, 1.82) is 0 Å². The molecule has 0 spiro atoms. The maximum Gasteiger partial charge on any atom is 0.153 e. The van der Waals surface area contributed by atoms with Crippen LogP contribution in [0.2, 0.25) is 0 Å². The summed E-state index contributed by atoms with van der Waals surface area (Å²) in [5.74, 6) is 0.840. The number of pyridine rings is 1. The topological polar surface area (TPSA) is 37.0 Å². The smallest absolute Gasteiger partial charge is 0.153 e. The molecule has 3 nitrogen and oxygen atoms in total. The molecule has 1 aromatic heterocycles. The number of anilines is 2. The zero-order valence-corrected chi connectivity index (χ0v) is 13.8. The number of hydrazine groups is 1. The summed E-state index contributed by atoms with van der Waals surface area (Å²) in [4.78, 5) is 4.80. The van der Waals surface area contributed by atoms with Gasteiger partial charge in [0.25, 0.3) is 0 Å². The van der Waals surface area contributed by atoms with Crippen LogP contribution in [0.1, 0.15) is 11.1 Å². The SMILES string of the molecule is Cc1cccc(C)c1NNc1nc2ccccc2c2ccccc12. The predicted molar refractivity (Wildman–Crippen MR) is 102 cm³/mol. The molecule has 4 rings (SSSR count). The molecule has 1 heterocycles. The summed E-state index contributed by atoms with van der Waals surface area (Å²) < 4.78 is 0. The Kier molecular flexibility index (Phi) is 3.54. The second kappa shape index (κ2) is 5.85. The lowest BCUT2D eigenvalue weighted by molar-refractivity contribution is 1.28. The molecule has 24 heavy (non-hydrogen) atoms. The third-order valence-electron chi connectivity index (χ3n) is 4.40. The van der Waals surface area contributed by atoms with Crippen LogP contribution >= 0.6 is 0 Å². The third-order valence-corrected chi connectivity index (χ3v) is 4.40. The average Bonchev–Trinajstić information content (AvgIpc) is 2.61. The molecule has 0 aliphatic rings. The van der Waals surface area contributed by atoms with E-state index in [1.165, 1.54) is 21.9 Å². The summed E-state index contributed by atoms with van der Waals surface area (Å²) in [6, 6.07) is 22.9. The summed E-state index contributed by atoms with van der Waals surface area (Å²) in [5, 5.41) is 3.48. The molecule has 3 aromatic carbocycles. The molecular formula is C21H19N3. The maximum absolute atomic E-state index is 4.80. The summed E-state index contributed by atoms with van der Waals surface area (Å²) in [6.07, 6.45) is 0. The molecule has 0 radical (unpaired) electrons. The van der Waals surface area contributed by atoms with Crippen LogP contribution in [-0.4, -0.2) is 4.98 Å². The number of aromatic nitrogens is 1. The van der Waals surface area contributed by atoms with Gasteiger partial charge < -0.3 is 0 Å². The van der Waals surface area contributed by atoms with E-state index in [-0.39, 0.29) is 0 Å². The van der Waals surface area contributed by atoms with Gasteiger partial charge in [0, 0.05) is 10.8 Å². The highest BCUT2D eigenvalue weighted by molar-refractivity contribution is 6.10. The number of hydrogen-bond donors (Lipinski definition) is 2. The molecule has 0 fully saturated rings. The van der Waals surface area contributed by atoms with Crippen LogP contribution in [0.3, 0.4) is 0 Å². The van der Waals surface area contributed by atoms with E-state index in [0.29, 0.717) is 0 Å².